The molecule has 0 bridgehead atoms. The number of amidine groups is 1. The molecule has 8 heteroatoms. The van der Waals surface area contributed by atoms with Gasteiger partial charge in [0.2, 0.25) is 10.9 Å². The number of benzene rings is 2. The van der Waals surface area contributed by atoms with Crippen molar-refractivity contribution < 1.29 is 15.3 Å². The summed E-state index contributed by atoms with van der Waals surface area (Å²) in [4.78, 5) is 10.3. The van der Waals surface area contributed by atoms with Gasteiger partial charge in [-0.1, -0.05) is 36.0 Å². The normalized spacial score (nSPS) is 17.5. The standard InChI is InChI=1S/C20H15N3O3S2/c24-16-9-8-13(18(25)19(16)26)11-21-23-15(17-7-4-10-27-17)12-28-20(23)22-14-5-2-1-3-6-14/h1-10,15H,12H2,(H2,24,25,26)/p+1. The third-order valence-corrected chi connectivity index (χ3v) is 6.11. The number of aromatic hydroxyl groups is 3. The van der Waals surface area contributed by atoms with Crippen LogP contribution in [0.5, 0.6) is 17.2 Å². The first-order valence-corrected chi connectivity index (χ1v) is 10.3. The third-order valence-electron chi connectivity index (χ3n) is 4.12. The van der Waals surface area contributed by atoms with Gasteiger partial charge in [0.25, 0.3) is 0 Å². The van der Waals surface area contributed by atoms with Gasteiger partial charge >= 0.3 is 6.07 Å². The molecule has 1 aliphatic heterocycles. The summed E-state index contributed by atoms with van der Waals surface area (Å²) >= 11 is 3.23. The van der Waals surface area contributed by atoms with Crippen LogP contribution in [-0.2, 0) is 0 Å². The van der Waals surface area contributed by atoms with Crippen molar-refractivity contribution in [3.05, 3.63) is 75.4 Å². The fraction of sp³-hybridized carbons (Fsp3) is 0.100. The molecule has 0 amide bonds. The molecule has 1 aliphatic rings. The number of phenolic OH excluding ortho intramolecular Hbond substituents is 3. The Kier molecular flexibility index (Phi) is 5.10. The van der Waals surface area contributed by atoms with E-state index in [1.54, 1.807) is 28.1 Å². The Labute approximate surface area is 169 Å². The lowest BCUT2D eigenvalue weighted by atomic mass is 10.2. The number of nitrogens with zero attached hydrogens (tertiary/aromatic N) is 3. The van der Waals surface area contributed by atoms with E-state index in [1.807, 2.05) is 47.8 Å². The summed E-state index contributed by atoms with van der Waals surface area (Å²) in [6.07, 6.45) is 0. The topological polar surface area (TPSA) is 80.7 Å². The molecule has 0 radical (unpaired) electrons. The molecule has 3 aromatic rings. The second-order valence-electron chi connectivity index (χ2n) is 5.96. The molecule has 0 spiro atoms. The molecule has 1 atom stereocenters. The summed E-state index contributed by atoms with van der Waals surface area (Å²) in [5.74, 6) is -0.680. The molecule has 4 rings (SSSR count). The molecule has 3 N–H and O–H groups in total. The summed E-state index contributed by atoms with van der Waals surface area (Å²) in [5.41, 5.74) is 0.998. The second kappa shape index (κ2) is 7.84. The van der Waals surface area contributed by atoms with Crippen molar-refractivity contribution >= 4 is 34.0 Å². The molecule has 1 fully saturated rings. The van der Waals surface area contributed by atoms with Crippen molar-refractivity contribution in [2.24, 2.45) is 4.99 Å². The lowest BCUT2D eigenvalue weighted by Crippen LogP contribution is -2.19. The average molecular weight is 411 g/mol. The molecule has 6 nitrogen and oxygen atoms in total. The van der Waals surface area contributed by atoms with Crippen LogP contribution in [-0.4, -0.2) is 31.2 Å². The van der Waals surface area contributed by atoms with E-state index < -0.39 is 17.2 Å². The summed E-state index contributed by atoms with van der Waals surface area (Å²) in [7, 11) is 0. The Morgan fingerprint density at radius 3 is 2.57 bits per heavy atom. The monoisotopic (exact) mass is 410 g/mol. The predicted octanol–water partition coefficient (Wildman–Crippen LogP) is 4.94. The number of hydrogen-bond acceptors (Lipinski definition) is 6. The Bertz CT molecular complexity index is 1070. The van der Waals surface area contributed by atoms with E-state index in [-0.39, 0.29) is 11.6 Å². The quantitative estimate of drug-likeness (QED) is 0.522. The SMILES string of the molecule is Oc1ccc(C#[N+]N2C(=Nc3ccccc3)SCC2c2cccs2)c(O)c1O. The van der Waals surface area contributed by atoms with Gasteiger partial charge < -0.3 is 15.3 Å². The number of hydrogen-bond donors (Lipinski definition) is 3. The summed E-state index contributed by atoms with van der Waals surface area (Å²) in [6, 6.07) is 19.1. The van der Waals surface area contributed by atoms with E-state index in [1.165, 1.54) is 12.1 Å². The van der Waals surface area contributed by atoms with Crippen LogP contribution in [0.3, 0.4) is 0 Å². The van der Waals surface area contributed by atoms with Crippen LogP contribution in [0.4, 0.5) is 5.69 Å². The van der Waals surface area contributed by atoms with Crippen molar-refractivity contribution in [2.45, 2.75) is 6.04 Å². The van der Waals surface area contributed by atoms with Crippen LogP contribution < -0.4 is 0 Å². The highest BCUT2D eigenvalue weighted by Gasteiger charge is 2.40. The number of rotatable bonds is 2. The first kappa shape index (κ1) is 18.2. The van der Waals surface area contributed by atoms with Gasteiger partial charge in [-0.25, -0.2) is 4.99 Å². The number of thioether (sulfide) groups is 1. The van der Waals surface area contributed by atoms with Gasteiger partial charge in [0.15, 0.2) is 23.1 Å². The van der Waals surface area contributed by atoms with Gasteiger partial charge in [-0.15, -0.1) is 11.3 Å². The molecule has 2 heterocycles. The first-order valence-electron chi connectivity index (χ1n) is 8.43. The van der Waals surface area contributed by atoms with E-state index in [0.29, 0.717) is 0 Å². The zero-order chi connectivity index (χ0) is 19.5. The van der Waals surface area contributed by atoms with Crippen LogP contribution in [0.15, 0.2) is 65.0 Å². The molecule has 28 heavy (non-hydrogen) atoms. The molecule has 140 valence electrons. The second-order valence-corrected chi connectivity index (χ2v) is 7.92. The first-order chi connectivity index (χ1) is 13.6. The summed E-state index contributed by atoms with van der Waals surface area (Å²) in [5, 5.41) is 33.7. The highest BCUT2D eigenvalue weighted by atomic mass is 32.2. The van der Waals surface area contributed by atoms with Crippen LogP contribution >= 0.6 is 23.1 Å². The lowest BCUT2D eigenvalue weighted by molar-refractivity contribution is 0.367. The molecule has 2 aromatic carbocycles. The Balaban J connectivity index is 1.73. The van der Waals surface area contributed by atoms with Crippen molar-refractivity contribution in [3.63, 3.8) is 0 Å². The predicted molar refractivity (Wildman–Crippen MR) is 113 cm³/mol. The number of para-hydroxylation sites is 1. The minimum absolute atomic E-state index is 0.00665. The van der Waals surface area contributed by atoms with Gasteiger partial charge in [0.1, 0.15) is 0 Å². The van der Waals surface area contributed by atoms with Gasteiger partial charge in [-0.05, 0) is 40.7 Å². The van der Waals surface area contributed by atoms with E-state index in [2.05, 4.69) is 11.0 Å². The zero-order valence-electron chi connectivity index (χ0n) is 14.6. The van der Waals surface area contributed by atoms with Gasteiger partial charge in [-0.3, -0.25) is 0 Å². The maximum atomic E-state index is 10.0. The average Bonchev–Trinajstić information content (AvgIpc) is 3.36. The smallest absolute Gasteiger partial charge is 0.362 e. The van der Waals surface area contributed by atoms with Crippen molar-refractivity contribution in [3.8, 4) is 23.3 Å². The third kappa shape index (κ3) is 3.63. The van der Waals surface area contributed by atoms with Gasteiger partial charge in [0.05, 0.1) is 10.6 Å². The number of thiophene rings is 1. The van der Waals surface area contributed by atoms with Crippen molar-refractivity contribution in [1.29, 1.82) is 0 Å². The molecular weight excluding hydrogens is 394 g/mol. The van der Waals surface area contributed by atoms with Crippen LogP contribution in [0.1, 0.15) is 16.5 Å². The lowest BCUT2D eigenvalue weighted by Gasteiger charge is -2.07. The minimum atomic E-state index is -0.594. The summed E-state index contributed by atoms with van der Waals surface area (Å²) in [6.45, 7) is 0. The number of phenols is 3. The van der Waals surface area contributed by atoms with E-state index >= 15 is 0 Å². The minimum Gasteiger partial charge on any atom is -0.504 e. The number of aliphatic imine (C=N–C) groups is 1. The fourth-order valence-corrected chi connectivity index (χ4v) is 4.70. The fourth-order valence-electron chi connectivity index (χ4n) is 2.68. The zero-order valence-corrected chi connectivity index (χ0v) is 16.2. The van der Waals surface area contributed by atoms with Gasteiger partial charge in [0, 0.05) is 10.6 Å². The molecule has 0 saturated carbocycles. The van der Waals surface area contributed by atoms with E-state index in [9.17, 15) is 15.3 Å². The Morgan fingerprint density at radius 2 is 1.82 bits per heavy atom. The highest BCUT2D eigenvalue weighted by Crippen LogP contribution is 2.40. The Hall–Kier alpha value is -3.15. The van der Waals surface area contributed by atoms with Crippen LogP contribution in [0.25, 0.3) is 4.95 Å². The maximum Gasteiger partial charge on any atom is 0.362 e. The van der Waals surface area contributed by atoms with Crippen molar-refractivity contribution in [2.75, 3.05) is 5.75 Å². The molecule has 1 saturated heterocycles. The molecular formula is C20H16N3O3S2+. The van der Waals surface area contributed by atoms with E-state index in [0.717, 1.165) is 21.5 Å². The van der Waals surface area contributed by atoms with E-state index in [4.69, 9.17) is 4.99 Å². The molecule has 0 aliphatic carbocycles. The van der Waals surface area contributed by atoms with Gasteiger partial charge in [-0.2, -0.15) is 0 Å². The Morgan fingerprint density at radius 1 is 1.00 bits per heavy atom. The largest absolute Gasteiger partial charge is 0.504 e. The van der Waals surface area contributed by atoms with Crippen LogP contribution in [0, 0.1) is 6.07 Å². The maximum absolute atomic E-state index is 10.0. The summed E-state index contributed by atoms with van der Waals surface area (Å²) < 4.78 is 0. The van der Waals surface area contributed by atoms with Crippen LogP contribution in [0.2, 0.25) is 0 Å². The molecule has 1 aromatic heterocycles. The highest BCUT2D eigenvalue weighted by molar-refractivity contribution is 8.14. The van der Waals surface area contributed by atoms with Crippen molar-refractivity contribution in [1.82, 2.24) is 5.01 Å². The molecule has 1 unspecified atom stereocenters.